The number of carboxylic acid groups (broad SMARTS) is 1. The second-order valence-corrected chi connectivity index (χ2v) is 4.36. The van der Waals surface area contributed by atoms with Crippen molar-refractivity contribution in [2.24, 2.45) is 5.73 Å². The van der Waals surface area contributed by atoms with Gasteiger partial charge in [-0.2, -0.15) is 13.2 Å². The fourth-order valence-electron chi connectivity index (χ4n) is 1.89. The molecule has 0 heterocycles. The van der Waals surface area contributed by atoms with Crippen molar-refractivity contribution >= 4 is 11.9 Å². The summed E-state index contributed by atoms with van der Waals surface area (Å²) in [6.07, 6.45) is -0.344. The van der Waals surface area contributed by atoms with Crippen LogP contribution in [0.25, 0.3) is 0 Å². The van der Waals surface area contributed by atoms with Crippen molar-refractivity contribution in [3.63, 3.8) is 0 Å². The van der Waals surface area contributed by atoms with Gasteiger partial charge in [-0.05, 0) is 48.9 Å². The summed E-state index contributed by atoms with van der Waals surface area (Å²) in [6, 6.07) is 5.80. The number of benzene rings is 1. The molecule has 0 fully saturated rings. The number of aliphatic carboxylic acids is 1. The molecule has 0 spiro atoms. The number of fused-ring (bicyclic) bond motifs is 1. The molecule has 1 aliphatic carbocycles. The number of hydrogen-bond donors (Lipinski definition) is 2. The first-order valence-corrected chi connectivity index (χ1v) is 5.93. The molecular formula is C13H14F3NO3. The van der Waals surface area contributed by atoms with Crippen LogP contribution in [-0.2, 0) is 17.6 Å². The minimum absolute atomic E-state index is 0.326. The van der Waals surface area contributed by atoms with Crippen molar-refractivity contribution in [2.75, 3.05) is 0 Å². The summed E-state index contributed by atoms with van der Waals surface area (Å²) in [4.78, 5) is 19.8. The van der Waals surface area contributed by atoms with E-state index in [1.807, 2.05) is 18.2 Å². The first kappa shape index (κ1) is 16.0. The van der Waals surface area contributed by atoms with Gasteiger partial charge in [-0.3, -0.25) is 4.79 Å². The van der Waals surface area contributed by atoms with Crippen LogP contribution in [0, 0.1) is 0 Å². The normalized spacial score (nSPS) is 13.8. The maximum atomic E-state index is 10.9. The molecule has 0 atom stereocenters. The Morgan fingerprint density at radius 2 is 1.60 bits per heavy atom. The summed E-state index contributed by atoms with van der Waals surface area (Å²) in [6.45, 7) is 0. The van der Waals surface area contributed by atoms with E-state index in [9.17, 15) is 18.0 Å². The number of nitrogens with two attached hydrogens (primary N) is 1. The van der Waals surface area contributed by atoms with Gasteiger partial charge in [0.2, 0.25) is 5.91 Å². The van der Waals surface area contributed by atoms with Crippen LogP contribution in [0.4, 0.5) is 13.2 Å². The highest BCUT2D eigenvalue weighted by Gasteiger charge is 2.38. The molecule has 0 radical (unpaired) electrons. The Morgan fingerprint density at radius 1 is 1.10 bits per heavy atom. The highest BCUT2D eigenvalue weighted by Crippen LogP contribution is 2.21. The van der Waals surface area contributed by atoms with Crippen LogP contribution in [0.1, 0.15) is 34.3 Å². The zero-order valence-electron chi connectivity index (χ0n) is 10.5. The van der Waals surface area contributed by atoms with E-state index in [1.54, 1.807) is 0 Å². The molecule has 4 nitrogen and oxygen atoms in total. The summed E-state index contributed by atoms with van der Waals surface area (Å²) in [5.74, 6) is -3.08. The minimum atomic E-state index is -5.08. The lowest BCUT2D eigenvalue weighted by atomic mass is 9.90. The molecule has 0 aliphatic heterocycles. The number of amides is 1. The largest absolute Gasteiger partial charge is 0.490 e. The number of aryl methyl sites for hydroxylation is 2. The third-order valence-corrected chi connectivity index (χ3v) is 2.88. The van der Waals surface area contributed by atoms with Crippen molar-refractivity contribution in [1.29, 1.82) is 0 Å². The third-order valence-electron chi connectivity index (χ3n) is 2.88. The van der Waals surface area contributed by atoms with Crippen LogP contribution in [0.15, 0.2) is 18.2 Å². The molecule has 1 aliphatic rings. The Kier molecular flexibility index (Phi) is 5.12. The van der Waals surface area contributed by atoms with E-state index in [0.29, 0.717) is 5.56 Å². The Balaban J connectivity index is 0.000000246. The van der Waals surface area contributed by atoms with Gasteiger partial charge in [0.25, 0.3) is 0 Å². The Morgan fingerprint density at radius 3 is 2.05 bits per heavy atom. The molecule has 0 unspecified atom stereocenters. The lowest BCUT2D eigenvalue weighted by Crippen LogP contribution is -2.21. The molecule has 1 aromatic rings. The number of carbonyl (C=O) groups is 2. The fraction of sp³-hybridized carbons (Fsp3) is 0.385. The van der Waals surface area contributed by atoms with Gasteiger partial charge in [-0.15, -0.1) is 0 Å². The molecule has 0 aromatic heterocycles. The quantitative estimate of drug-likeness (QED) is 0.832. The average molecular weight is 289 g/mol. The molecule has 0 saturated heterocycles. The number of carbonyl (C=O) groups excluding carboxylic acids is 1. The van der Waals surface area contributed by atoms with E-state index in [2.05, 4.69) is 0 Å². The van der Waals surface area contributed by atoms with Gasteiger partial charge < -0.3 is 10.8 Å². The monoisotopic (exact) mass is 289 g/mol. The van der Waals surface area contributed by atoms with Crippen LogP contribution in [-0.4, -0.2) is 23.2 Å². The summed E-state index contributed by atoms with van der Waals surface area (Å²) in [5.41, 5.74) is 8.54. The molecule has 1 amide bonds. The first-order valence-electron chi connectivity index (χ1n) is 5.93. The van der Waals surface area contributed by atoms with E-state index in [0.717, 1.165) is 12.8 Å². The third kappa shape index (κ3) is 4.56. The summed E-state index contributed by atoms with van der Waals surface area (Å²) >= 11 is 0. The van der Waals surface area contributed by atoms with Gasteiger partial charge in [0.15, 0.2) is 0 Å². The Labute approximate surface area is 113 Å². The van der Waals surface area contributed by atoms with Gasteiger partial charge in [0.05, 0.1) is 0 Å². The zero-order chi connectivity index (χ0) is 15.3. The number of hydrogen-bond acceptors (Lipinski definition) is 2. The van der Waals surface area contributed by atoms with E-state index >= 15 is 0 Å². The van der Waals surface area contributed by atoms with Gasteiger partial charge in [-0.1, -0.05) is 6.07 Å². The zero-order valence-corrected chi connectivity index (χ0v) is 10.5. The fourth-order valence-corrected chi connectivity index (χ4v) is 1.89. The lowest BCUT2D eigenvalue weighted by molar-refractivity contribution is -0.192. The molecule has 7 heteroatoms. The second kappa shape index (κ2) is 6.40. The van der Waals surface area contributed by atoms with Crippen molar-refractivity contribution < 1.29 is 27.9 Å². The average Bonchev–Trinajstić information content (AvgIpc) is 2.37. The molecule has 3 N–H and O–H groups in total. The predicted molar refractivity (Wildman–Crippen MR) is 65.3 cm³/mol. The maximum absolute atomic E-state index is 10.9. The van der Waals surface area contributed by atoms with E-state index < -0.39 is 12.1 Å². The maximum Gasteiger partial charge on any atom is 0.490 e. The lowest BCUT2D eigenvalue weighted by Gasteiger charge is -2.15. The number of alkyl halides is 3. The smallest absolute Gasteiger partial charge is 0.475 e. The predicted octanol–water partition coefficient (Wildman–Crippen LogP) is 2.30. The molecule has 110 valence electrons. The topological polar surface area (TPSA) is 80.4 Å². The van der Waals surface area contributed by atoms with E-state index in [1.165, 1.54) is 24.0 Å². The second-order valence-electron chi connectivity index (χ2n) is 4.36. The van der Waals surface area contributed by atoms with E-state index in [-0.39, 0.29) is 5.91 Å². The van der Waals surface area contributed by atoms with Crippen molar-refractivity contribution in [2.45, 2.75) is 31.9 Å². The van der Waals surface area contributed by atoms with Crippen molar-refractivity contribution in [3.8, 4) is 0 Å². The van der Waals surface area contributed by atoms with Gasteiger partial charge in [0.1, 0.15) is 0 Å². The number of carboxylic acids is 1. The Hall–Kier alpha value is -2.05. The highest BCUT2D eigenvalue weighted by molar-refractivity contribution is 5.93. The Bertz CT molecular complexity index is 512. The van der Waals surface area contributed by atoms with Gasteiger partial charge >= 0.3 is 12.1 Å². The van der Waals surface area contributed by atoms with Crippen LogP contribution < -0.4 is 5.73 Å². The van der Waals surface area contributed by atoms with Crippen LogP contribution >= 0.6 is 0 Å². The minimum Gasteiger partial charge on any atom is -0.475 e. The summed E-state index contributed by atoms with van der Waals surface area (Å²) in [7, 11) is 0. The number of primary amides is 1. The van der Waals surface area contributed by atoms with Crippen LogP contribution in [0.3, 0.4) is 0 Å². The van der Waals surface area contributed by atoms with Crippen LogP contribution in [0.5, 0.6) is 0 Å². The molecular weight excluding hydrogens is 275 g/mol. The van der Waals surface area contributed by atoms with Crippen LogP contribution in [0.2, 0.25) is 0 Å². The van der Waals surface area contributed by atoms with Crippen molar-refractivity contribution in [3.05, 3.63) is 34.9 Å². The summed E-state index contributed by atoms with van der Waals surface area (Å²) < 4.78 is 31.7. The molecule has 2 rings (SSSR count). The molecule has 0 bridgehead atoms. The number of rotatable bonds is 1. The molecule has 1 aromatic carbocycles. The van der Waals surface area contributed by atoms with Crippen molar-refractivity contribution in [1.82, 2.24) is 0 Å². The van der Waals surface area contributed by atoms with E-state index in [4.69, 9.17) is 15.6 Å². The number of halogens is 3. The standard InChI is InChI=1S/C11H13NO.C2HF3O2/c12-11(13)10-6-5-8-3-1-2-4-9(8)7-10;3-2(4,5)1(6)7/h5-7H,1-4H2,(H2,12,13);(H,6,7). The SMILES string of the molecule is NC(=O)c1ccc2c(c1)CCCC2.O=C(O)C(F)(F)F. The van der Waals surface area contributed by atoms with Gasteiger partial charge in [0, 0.05) is 5.56 Å². The molecule has 0 saturated carbocycles. The van der Waals surface area contributed by atoms with Gasteiger partial charge in [-0.25, -0.2) is 4.79 Å². The highest BCUT2D eigenvalue weighted by atomic mass is 19.4. The first-order chi connectivity index (χ1) is 9.21. The molecule has 20 heavy (non-hydrogen) atoms. The summed E-state index contributed by atoms with van der Waals surface area (Å²) in [5, 5.41) is 7.12.